The number of rotatable bonds is 7. The molecule has 0 aliphatic rings. The molecule has 2 heterocycles. The maximum absolute atomic E-state index is 11.9. The summed E-state index contributed by atoms with van der Waals surface area (Å²) in [5.74, 6) is 0.914. The molecule has 2 aromatic heterocycles. The minimum Gasteiger partial charge on any atom is -0.355 e. The maximum Gasteiger partial charge on any atom is 0.220 e. The van der Waals surface area contributed by atoms with Crippen molar-refractivity contribution in [2.45, 2.75) is 31.7 Å². The highest BCUT2D eigenvalue weighted by molar-refractivity contribution is 7.99. The summed E-state index contributed by atoms with van der Waals surface area (Å²) >= 11 is 1.65. The molecule has 1 amide bonds. The number of carbonyl (C=O) groups excluding carboxylic acids is 1. The summed E-state index contributed by atoms with van der Waals surface area (Å²) in [4.78, 5) is 16.1. The normalized spacial score (nSPS) is 10.7. The molecule has 0 aromatic carbocycles. The lowest BCUT2D eigenvalue weighted by molar-refractivity contribution is -0.120. The molecule has 2 aromatic rings. The average molecular weight is 318 g/mol. The molecule has 0 spiro atoms. The van der Waals surface area contributed by atoms with Crippen molar-refractivity contribution in [1.82, 2.24) is 20.1 Å². The van der Waals surface area contributed by atoms with Crippen LogP contribution < -0.4 is 5.32 Å². The first-order valence-electron chi connectivity index (χ1n) is 7.37. The second-order valence-corrected chi connectivity index (χ2v) is 6.25. The van der Waals surface area contributed by atoms with E-state index in [2.05, 4.69) is 15.4 Å². The molecule has 1 N–H and O–H groups in total. The molecule has 0 radical (unpaired) electrons. The van der Waals surface area contributed by atoms with Crippen LogP contribution in [0, 0.1) is 13.8 Å². The first-order valence-corrected chi connectivity index (χ1v) is 8.36. The summed E-state index contributed by atoms with van der Waals surface area (Å²) in [5, 5.41) is 8.31. The number of hydrogen-bond donors (Lipinski definition) is 1. The van der Waals surface area contributed by atoms with Crippen molar-refractivity contribution >= 4 is 17.7 Å². The van der Waals surface area contributed by atoms with Gasteiger partial charge in [0.1, 0.15) is 0 Å². The number of thioether (sulfide) groups is 1. The van der Waals surface area contributed by atoms with Crippen molar-refractivity contribution in [2.24, 2.45) is 7.05 Å². The Bertz CT molecular complexity index is 625. The van der Waals surface area contributed by atoms with Gasteiger partial charge in [-0.25, -0.2) is 4.98 Å². The third-order valence-corrected chi connectivity index (χ3v) is 4.52. The molecule has 0 saturated carbocycles. The fraction of sp³-hybridized carbons (Fsp3) is 0.438. The molecule has 0 bridgehead atoms. The highest BCUT2D eigenvalue weighted by atomic mass is 32.2. The lowest BCUT2D eigenvalue weighted by Crippen LogP contribution is -2.26. The van der Waals surface area contributed by atoms with Crippen LogP contribution in [0.3, 0.4) is 0 Å². The van der Waals surface area contributed by atoms with Crippen LogP contribution in [0.5, 0.6) is 0 Å². The van der Waals surface area contributed by atoms with Gasteiger partial charge in [0.2, 0.25) is 5.91 Å². The molecule has 6 heteroatoms. The van der Waals surface area contributed by atoms with E-state index in [9.17, 15) is 4.79 Å². The molecule has 5 nitrogen and oxygen atoms in total. The number of pyridine rings is 1. The van der Waals surface area contributed by atoms with Crippen molar-refractivity contribution in [3.8, 4) is 0 Å². The van der Waals surface area contributed by atoms with Crippen LogP contribution in [0.15, 0.2) is 29.4 Å². The van der Waals surface area contributed by atoms with Gasteiger partial charge in [-0.2, -0.15) is 5.10 Å². The van der Waals surface area contributed by atoms with Crippen LogP contribution in [0.2, 0.25) is 0 Å². The summed E-state index contributed by atoms with van der Waals surface area (Å²) in [6, 6.07) is 5.83. The predicted molar refractivity (Wildman–Crippen MR) is 89.0 cm³/mol. The highest BCUT2D eigenvalue weighted by Gasteiger charge is 2.11. The number of nitrogens with zero attached hydrogens (tertiary/aromatic N) is 3. The number of aromatic nitrogens is 3. The van der Waals surface area contributed by atoms with Crippen LogP contribution in [0.1, 0.15) is 23.4 Å². The Morgan fingerprint density at radius 3 is 2.82 bits per heavy atom. The number of carbonyl (C=O) groups is 1. The molecule has 0 fully saturated rings. The maximum atomic E-state index is 11.9. The highest BCUT2D eigenvalue weighted by Crippen LogP contribution is 2.14. The zero-order valence-corrected chi connectivity index (χ0v) is 14.1. The predicted octanol–water partition coefficient (Wildman–Crippen LogP) is 2.27. The SMILES string of the molecule is Cc1nn(C)c(C)c1CCC(=O)NCCSc1ccccn1. The molecule has 0 atom stereocenters. The van der Waals surface area contributed by atoms with Gasteiger partial charge in [0, 0.05) is 37.7 Å². The Kier molecular flexibility index (Phi) is 6.00. The topological polar surface area (TPSA) is 59.8 Å². The Labute approximate surface area is 135 Å². The standard InChI is InChI=1S/C16H22N4OS/c1-12-14(13(2)20(3)19-12)7-8-15(21)17-10-11-22-16-6-4-5-9-18-16/h4-6,9H,7-8,10-11H2,1-3H3,(H,17,21). The summed E-state index contributed by atoms with van der Waals surface area (Å²) in [7, 11) is 1.93. The zero-order chi connectivity index (χ0) is 15.9. The number of nitrogens with one attached hydrogen (secondary N) is 1. The summed E-state index contributed by atoms with van der Waals surface area (Å²) in [6.07, 6.45) is 3.02. The fourth-order valence-electron chi connectivity index (χ4n) is 2.28. The monoisotopic (exact) mass is 318 g/mol. The van der Waals surface area contributed by atoms with Crippen LogP contribution in [0.25, 0.3) is 0 Å². The molecule has 0 saturated heterocycles. The van der Waals surface area contributed by atoms with Gasteiger partial charge in [-0.05, 0) is 38.0 Å². The Hall–Kier alpha value is -1.82. The van der Waals surface area contributed by atoms with Gasteiger partial charge in [0.15, 0.2) is 0 Å². The summed E-state index contributed by atoms with van der Waals surface area (Å²) in [5.41, 5.74) is 3.33. The van der Waals surface area contributed by atoms with E-state index >= 15 is 0 Å². The lowest BCUT2D eigenvalue weighted by Gasteiger charge is -2.05. The van der Waals surface area contributed by atoms with Crippen LogP contribution in [-0.2, 0) is 18.3 Å². The quantitative estimate of drug-likeness (QED) is 0.628. The molecule has 22 heavy (non-hydrogen) atoms. The van der Waals surface area contributed by atoms with Crippen molar-refractivity contribution in [3.05, 3.63) is 41.3 Å². The minimum absolute atomic E-state index is 0.0873. The van der Waals surface area contributed by atoms with Crippen molar-refractivity contribution in [3.63, 3.8) is 0 Å². The van der Waals surface area contributed by atoms with Gasteiger partial charge >= 0.3 is 0 Å². The molecular weight excluding hydrogens is 296 g/mol. The number of amides is 1. The first-order chi connectivity index (χ1) is 10.6. The average Bonchev–Trinajstić information content (AvgIpc) is 2.76. The van der Waals surface area contributed by atoms with Gasteiger partial charge in [-0.15, -0.1) is 11.8 Å². The molecule has 0 aliphatic carbocycles. The molecule has 118 valence electrons. The van der Waals surface area contributed by atoms with Crippen molar-refractivity contribution < 1.29 is 4.79 Å². The summed E-state index contributed by atoms with van der Waals surface area (Å²) < 4.78 is 1.87. The lowest BCUT2D eigenvalue weighted by atomic mass is 10.1. The van der Waals surface area contributed by atoms with E-state index in [4.69, 9.17) is 0 Å². The van der Waals surface area contributed by atoms with E-state index in [0.717, 1.165) is 28.6 Å². The van der Waals surface area contributed by atoms with E-state index in [0.29, 0.717) is 13.0 Å². The van der Waals surface area contributed by atoms with Gasteiger partial charge in [0.05, 0.1) is 10.7 Å². The molecule has 2 rings (SSSR count). The summed E-state index contributed by atoms with van der Waals surface area (Å²) in [6.45, 7) is 4.69. The molecule has 0 aliphatic heterocycles. The zero-order valence-electron chi connectivity index (χ0n) is 13.3. The van der Waals surface area contributed by atoms with Crippen molar-refractivity contribution in [2.75, 3.05) is 12.3 Å². The second-order valence-electron chi connectivity index (χ2n) is 5.14. The largest absolute Gasteiger partial charge is 0.355 e. The van der Waals surface area contributed by atoms with E-state index in [-0.39, 0.29) is 5.91 Å². The molecule has 0 unspecified atom stereocenters. The van der Waals surface area contributed by atoms with Crippen LogP contribution >= 0.6 is 11.8 Å². The van der Waals surface area contributed by atoms with E-state index < -0.39 is 0 Å². The molecular formula is C16H22N4OS. The minimum atomic E-state index is 0.0873. The smallest absolute Gasteiger partial charge is 0.220 e. The number of aryl methyl sites for hydroxylation is 2. The van der Waals surface area contributed by atoms with Crippen LogP contribution in [-0.4, -0.2) is 33.0 Å². The van der Waals surface area contributed by atoms with Crippen LogP contribution in [0.4, 0.5) is 0 Å². The van der Waals surface area contributed by atoms with E-state index in [1.54, 1.807) is 18.0 Å². The first kappa shape index (κ1) is 16.5. The van der Waals surface area contributed by atoms with Gasteiger partial charge in [-0.3, -0.25) is 9.48 Å². The fourth-order valence-corrected chi connectivity index (χ4v) is 3.01. The van der Waals surface area contributed by atoms with Gasteiger partial charge in [0.25, 0.3) is 0 Å². The Balaban J connectivity index is 1.68. The van der Waals surface area contributed by atoms with Gasteiger partial charge < -0.3 is 5.32 Å². The Morgan fingerprint density at radius 1 is 1.36 bits per heavy atom. The Morgan fingerprint density at radius 2 is 2.18 bits per heavy atom. The third kappa shape index (κ3) is 4.59. The van der Waals surface area contributed by atoms with Crippen molar-refractivity contribution in [1.29, 1.82) is 0 Å². The van der Waals surface area contributed by atoms with E-state index in [1.165, 1.54) is 5.56 Å². The number of hydrogen-bond acceptors (Lipinski definition) is 4. The third-order valence-electron chi connectivity index (χ3n) is 3.57. The van der Waals surface area contributed by atoms with E-state index in [1.807, 2.05) is 43.8 Å². The second kappa shape index (κ2) is 7.98. The van der Waals surface area contributed by atoms with Gasteiger partial charge in [-0.1, -0.05) is 6.07 Å².